The second-order valence-electron chi connectivity index (χ2n) is 7.70. The van der Waals surface area contributed by atoms with E-state index in [-0.39, 0.29) is 11.5 Å². The van der Waals surface area contributed by atoms with E-state index < -0.39 is 5.91 Å². The Bertz CT molecular complexity index is 1370. The molecular weight excluding hydrogens is 466 g/mol. The van der Waals surface area contributed by atoms with Crippen LogP contribution < -0.4 is 10.4 Å². The molecule has 1 fully saturated rings. The third kappa shape index (κ3) is 3.52. The van der Waals surface area contributed by atoms with Gasteiger partial charge in [0.15, 0.2) is 0 Å². The van der Waals surface area contributed by atoms with E-state index in [1.54, 1.807) is 18.2 Å². The Morgan fingerprint density at radius 2 is 1.59 bits per heavy atom. The summed E-state index contributed by atoms with van der Waals surface area (Å²) in [5.74, 6) is -0.756. The van der Waals surface area contributed by atoms with Gasteiger partial charge in [0, 0.05) is 33.2 Å². The summed E-state index contributed by atoms with van der Waals surface area (Å²) < 4.78 is 3.26. The number of fused-ring (bicyclic) bond motifs is 1. The van der Waals surface area contributed by atoms with Gasteiger partial charge in [-0.15, -0.1) is 0 Å². The van der Waals surface area contributed by atoms with E-state index in [4.69, 9.17) is 0 Å². The number of halogens is 1. The zero-order valence-electron chi connectivity index (χ0n) is 17.4. The molecule has 0 radical (unpaired) electrons. The van der Waals surface area contributed by atoms with Gasteiger partial charge in [-0.1, -0.05) is 64.5 Å². The van der Waals surface area contributed by atoms with Crippen LogP contribution >= 0.6 is 15.9 Å². The largest absolute Gasteiger partial charge is 0.340 e. The summed E-state index contributed by atoms with van der Waals surface area (Å²) >= 11 is 3.48. The Morgan fingerprint density at radius 3 is 2.34 bits per heavy atom. The van der Waals surface area contributed by atoms with E-state index in [0.717, 1.165) is 26.6 Å². The molecule has 0 bridgehead atoms. The molecule has 4 aromatic rings. The van der Waals surface area contributed by atoms with Crippen molar-refractivity contribution in [1.82, 2.24) is 9.99 Å². The van der Waals surface area contributed by atoms with Crippen LogP contribution in [0.25, 0.3) is 17.0 Å². The lowest BCUT2D eigenvalue weighted by Gasteiger charge is -2.13. The number of carbonyl (C=O) groups excluding carboxylic acids is 2. The van der Waals surface area contributed by atoms with E-state index in [1.165, 1.54) is 10.6 Å². The number of rotatable bonds is 4. The van der Waals surface area contributed by atoms with Crippen LogP contribution in [-0.4, -0.2) is 16.4 Å². The van der Waals surface area contributed by atoms with Crippen molar-refractivity contribution in [3.05, 3.63) is 106 Å². The molecule has 6 heteroatoms. The van der Waals surface area contributed by atoms with Crippen LogP contribution in [0.5, 0.6) is 0 Å². The molecule has 1 aliphatic rings. The van der Waals surface area contributed by atoms with E-state index in [2.05, 4.69) is 44.1 Å². The van der Waals surface area contributed by atoms with Crippen molar-refractivity contribution in [2.24, 2.45) is 0 Å². The maximum absolute atomic E-state index is 13.1. The highest BCUT2D eigenvalue weighted by atomic mass is 79.9. The van der Waals surface area contributed by atoms with Crippen molar-refractivity contribution in [2.45, 2.75) is 13.5 Å². The second-order valence-corrected chi connectivity index (χ2v) is 8.62. The van der Waals surface area contributed by atoms with Crippen LogP contribution in [-0.2, 0) is 16.1 Å². The number of hydrogen-bond acceptors (Lipinski definition) is 2. The third-order valence-electron chi connectivity index (χ3n) is 5.73. The molecule has 5 nitrogen and oxygen atoms in total. The molecule has 158 valence electrons. The van der Waals surface area contributed by atoms with Gasteiger partial charge in [0.05, 0.1) is 5.69 Å². The van der Waals surface area contributed by atoms with E-state index in [0.29, 0.717) is 12.2 Å². The summed E-state index contributed by atoms with van der Waals surface area (Å²) in [5.41, 5.74) is 7.54. The van der Waals surface area contributed by atoms with Gasteiger partial charge < -0.3 is 4.57 Å². The quantitative estimate of drug-likeness (QED) is 0.318. The Labute approximate surface area is 194 Å². The first kappa shape index (κ1) is 20.3. The van der Waals surface area contributed by atoms with Crippen LogP contribution in [0.3, 0.4) is 0 Å². The fraction of sp³-hybridized carbons (Fsp3) is 0.0769. The highest BCUT2D eigenvalue weighted by Gasteiger charge is 2.34. The number of hydrogen-bond donors (Lipinski definition) is 1. The van der Waals surface area contributed by atoms with Crippen molar-refractivity contribution in [3.8, 4) is 0 Å². The Hall–Kier alpha value is -3.64. The summed E-state index contributed by atoms with van der Waals surface area (Å²) in [6, 6.07) is 25.4. The number of benzene rings is 3. The number of hydrazine groups is 1. The van der Waals surface area contributed by atoms with Crippen molar-refractivity contribution in [1.29, 1.82) is 0 Å². The molecular formula is C26H20BrN3O2. The lowest BCUT2D eigenvalue weighted by molar-refractivity contribution is -0.117. The molecule has 0 unspecified atom stereocenters. The number of nitrogens with one attached hydrogen (secondary N) is 1. The van der Waals surface area contributed by atoms with Gasteiger partial charge >= 0.3 is 0 Å². The smallest absolute Gasteiger partial charge is 0.282 e. The predicted molar refractivity (Wildman–Crippen MR) is 130 cm³/mol. The van der Waals surface area contributed by atoms with E-state index >= 15 is 0 Å². The molecule has 0 saturated carbocycles. The first-order chi connectivity index (χ1) is 15.5. The standard InChI is InChI=1S/C26H20BrN3O2/c1-17-22(15-23-25(31)28-30(26(23)32)20-7-3-2-4-8-20)21-9-5-6-10-24(21)29(17)16-18-11-13-19(27)14-12-18/h2-15H,16H2,1H3,(H,28,31). The van der Waals surface area contributed by atoms with Crippen molar-refractivity contribution in [3.63, 3.8) is 0 Å². The zero-order valence-corrected chi connectivity index (χ0v) is 19.0. The molecule has 32 heavy (non-hydrogen) atoms. The van der Waals surface area contributed by atoms with Crippen LogP contribution in [0.1, 0.15) is 16.8 Å². The molecule has 1 aliphatic heterocycles. The summed E-state index contributed by atoms with van der Waals surface area (Å²) in [5, 5.41) is 2.30. The number of aromatic nitrogens is 1. The van der Waals surface area contributed by atoms with Gasteiger partial charge in [-0.3, -0.25) is 15.0 Å². The minimum Gasteiger partial charge on any atom is -0.340 e. The van der Waals surface area contributed by atoms with E-state index in [1.807, 2.05) is 55.5 Å². The van der Waals surface area contributed by atoms with Crippen molar-refractivity contribution in [2.75, 3.05) is 5.01 Å². The first-order valence-corrected chi connectivity index (χ1v) is 11.1. The molecule has 0 atom stereocenters. The monoisotopic (exact) mass is 485 g/mol. The predicted octanol–water partition coefficient (Wildman–Crippen LogP) is 5.22. The minimum absolute atomic E-state index is 0.128. The third-order valence-corrected chi connectivity index (χ3v) is 6.26. The highest BCUT2D eigenvalue weighted by Crippen LogP contribution is 2.30. The van der Waals surface area contributed by atoms with Crippen LogP contribution in [0.4, 0.5) is 5.69 Å². The van der Waals surface area contributed by atoms with Crippen LogP contribution in [0.2, 0.25) is 0 Å². The molecule has 0 aliphatic carbocycles. The fourth-order valence-corrected chi connectivity index (χ4v) is 4.34. The Morgan fingerprint density at radius 1 is 0.906 bits per heavy atom. The van der Waals surface area contributed by atoms with E-state index in [9.17, 15) is 9.59 Å². The second kappa shape index (κ2) is 8.13. The average Bonchev–Trinajstić information content (AvgIpc) is 3.24. The number of carbonyl (C=O) groups is 2. The average molecular weight is 486 g/mol. The van der Waals surface area contributed by atoms with Crippen molar-refractivity contribution >= 4 is 50.4 Å². The zero-order chi connectivity index (χ0) is 22.2. The Balaban J connectivity index is 1.58. The highest BCUT2D eigenvalue weighted by molar-refractivity contribution is 9.10. The van der Waals surface area contributed by atoms with Gasteiger partial charge in [-0.2, -0.15) is 0 Å². The lowest BCUT2D eigenvalue weighted by atomic mass is 10.1. The van der Waals surface area contributed by atoms with Gasteiger partial charge in [-0.05, 0) is 48.9 Å². The molecule has 3 aromatic carbocycles. The normalized spacial score (nSPS) is 15.1. The van der Waals surface area contributed by atoms with Crippen molar-refractivity contribution < 1.29 is 9.59 Å². The molecule has 2 amide bonds. The number of nitrogens with zero attached hydrogens (tertiary/aromatic N) is 2. The topological polar surface area (TPSA) is 54.3 Å². The Kier molecular flexibility index (Phi) is 5.15. The summed E-state index contributed by atoms with van der Waals surface area (Å²) in [6.45, 7) is 2.72. The number of amides is 2. The van der Waals surface area contributed by atoms with Gasteiger partial charge in [-0.25, -0.2) is 5.01 Å². The maximum Gasteiger partial charge on any atom is 0.282 e. The fourth-order valence-electron chi connectivity index (χ4n) is 4.08. The molecule has 1 aromatic heterocycles. The van der Waals surface area contributed by atoms with Gasteiger partial charge in [0.2, 0.25) is 0 Å². The molecule has 0 spiro atoms. The van der Waals surface area contributed by atoms with Crippen LogP contribution in [0.15, 0.2) is 88.9 Å². The summed E-state index contributed by atoms with van der Waals surface area (Å²) in [4.78, 5) is 25.8. The van der Waals surface area contributed by atoms with Crippen LogP contribution in [0, 0.1) is 6.92 Å². The summed E-state index contributed by atoms with van der Waals surface area (Å²) in [6.07, 6.45) is 1.72. The maximum atomic E-state index is 13.1. The molecule has 1 saturated heterocycles. The lowest BCUT2D eigenvalue weighted by Crippen LogP contribution is -2.35. The minimum atomic E-state index is -0.400. The first-order valence-electron chi connectivity index (χ1n) is 10.3. The van der Waals surface area contributed by atoms with Gasteiger partial charge in [0.1, 0.15) is 5.57 Å². The molecule has 2 heterocycles. The molecule has 1 N–H and O–H groups in total. The number of para-hydroxylation sites is 2. The molecule has 5 rings (SSSR count). The van der Waals surface area contributed by atoms with Gasteiger partial charge in [0.25, 0.3) is 11.8 Å². The SMILES string of the molecule is Cc1c(C=C2C(=O)NN(c3ccccc3)C2=O)c2ccccc2n1Cc1ccc(Br)cc1. The summed E-state index contributed by atoms with van der Waals surface area (Å²) in [7, 11) is 0. The number of anilines is 1.